The Morgan fingerprint density at radius 3 is 2.00 bits per heavy atom. The van der Waals surface area contributed by atoms with Crippen LogP contribution < -0.4 is 5.32 Å². The Hall–Kier alpha value is -0.690. The molecule has 0 unspecified atom stereocenters. The largest absolute Gasteiger partial charge is 0.481 e. The first-order valence-electron chi connectivity index (χ1n) is 5.39. The van der Waals surface area contributed by atoms with Gasteiger partial charge in [-0.1, -0.05) is 6.42 Å². The number of carbonyl (C=O) groups is 1. The van der Waals surface area contributed by atoms with E-state index in [9.17, 15) is 4.79 Å². The average molecular weight is 235 g/mol. The molecule has 0 aromatic carbocycles. The van der Waals surface area contributed by atoms with E-state index >= 15 is 0 Å². The second-order valence-electron chi connectivity index (χ2n) is 3.89. The first-order valence-corrected chi connectivity index (χ1v) is 5.39. The number of aliphatic carboxylic acids is 1. The van der Waals surface area contributed by atoms with Crippen molar-refractivity contribution in [1.82, 2.24) is 5.32 Å². The highest BCUT2D eigenvalue weighted by Gasteiger charge is 2.26. The van der Waals surface area contributed by atoms with Gasteiger partial charge in [0, 0.05) is 6.42 Å². The Labute approximate surface area is 94.9 Å². The van der Waals surface area contributed by atoms with Crippen LogP contribution in [0.5, 0.6) is 0 Å². The lowest BCUT2D eigenvalue weighted by Gasteiger charge is -2.28. The summed E-state index contributed by atoms with van der Waals surface area (Å²) in [4.78, 5) is 10.2. The van der Waals surface area contributed by atoms with Crippen molar-refractivity contribution in [3.05, 3.63) is 0 Å². The molecule has 6 heteroatoms. The van der Waals surface area contributed by atoms with E-state index in [4.69, 9.17) is 20.4 Å². The predicted octanol–water partition coefficient (Wildman–Crippen LogP) is -1.06. The van der Waals surface area contributed by atoms with Gasteiger partial charge >= 0.3 is 5.97 Å². The molecule has 0 aliphatic heterocycles. The monoisotopic (exact) mass is 235 g/mol. The molecule has 0 aromatic heterocycles. The van der Waals surface area contributed by atoms with Crippen molar-refractivity contribution < 1.29 is 25.2 Å². The highest BCUT2D eigenvalue weighted by atomic mass is 16.4. The van der Waals surface area contributed by atoms with E-state index < -0.39 is 11.5 Å². The highest BCUT2D eigenvalue weighted by molar-refractivity contribution is 5.66. The molecular weight excluding hydrogens is 214 g/mol. The summed E-state index contributed by atoms with van der Waals surface area (Å²) in [5.74, 6) is -0.802. The van der Waals surface area contributed by atoms with Crippen LogP contribution in [0.1, 0.15) is 25.7 Å². The van der Waals surface area contributed by atoms with E-state index in [1.54, 1.807) is 0 Å². The summed E-state index contributed by atoms with van der Waals surface area (Å²) >= 11 is 0. The average Bonchev–Trinajstić information content (AvgIpc) is 2.29. The molecule has 0 saturated heterocycles. The molecule has 96 valence electrons. The Morgan fingerprint density at radius 1 is 1.00 bits per heavy atom. The van der Waals surface area contributed by atoms with E-state index in [1.165, 1.54) is 0 Å². The Kier molecular flexibility index (Phi) is 8.10. The van der Waals surface area contributed by atoms with Crippen LogP contribution in [0.15, 0.2) is 0 Å². The zero-order valence-electron chi connectivity index (χ0n) is 9.35. The van der Waals surface area contributed by atoms with Crippen molar-refractivity contribution in [1.29, 1.82) is 0 Å². The number of nitrogens with one attached hydrogen (secondary N) is 1. The van der Waals surface area contributed by atoms with Gasteiger partial charge in [-0.15, -0.1) is 0 Å². The van der Waals surface area contributed by atoms with Gasteiger partial charge in [-0.2, -0.15) is 0 Å². The second-order valence-corrected chi connectivity index (χ2v) is 3.89. The minimum absolute atomic E-state index is 0.158. The molecule has 0 rings (SSSR count). The molecule has 0 amide bonds. The van der Waals surface area contributed by atoms with E-state index in [2.05, 4.69) is 5.32 Å². The molecule has 0 atom stereocenters. The van der Waals surface area contributed by atoms with Gasteiger partial charge in [0.2, 0.25) is 0 Å². The zero-order chi connectivity index (χ0) is 12.4. The lowest BCUT2D eigenvalue weighted by atomic mass is 10.0. The standard InChI is InChI=1S/C10H21NO5/c12-6-10(7-13,8-14)11-5-3-1-2-4-9(15)16/h11-14H,1-8H2,(H,15,16). The van der Waals surface area contributed by atoms with E-state index in [0.29, 0.717) is 13.0 Å². The minimum Gasteiger partial charge on any atom is -0.481 e. The molecule has 0 spiro atoms. The normalized spacial score (nSPS) is 11.7. The summed E-state index contributed by atoms with van der Waals surface area (Å²) in [6.45, 7) is -0.485. The third-order valence-electron chi connectivity index (χ3n) is 2.48. The molecule has 0 saturated carbocycles. The molecule has 0 bridgehead atoms. The summed E-state index contributed by atoms with van der Waals surface area (Å²) < 4.78 is 0. The molecule has 5 N–H and O–H groups in total. The summed E-state index contributed by atoms with van der Waals surface area (Å²) in [5, 5.41) is 38.2. The van der Waals surface area contributed by atoms with Crippen LogP contribution in [0.25, 0.3) is 0 Å². The lowest BCUT2D eigenvalue weighted by Crippen LogP contribution is -2.55. The van der Waals surface area contributed by atoms with Crippen LogP contribution in [-0.2, 0) is 4.79 Å². The fourth-order valence-corrected chi connectivity index (χ4v) is 1.25. The summed E-state index contributed by atoms with van der Waals surface area (Å²) in [7, 11) is 0. The number of rotatable bonds is 10. The molecule has 0 heterocycles. The van der Waals surface area contributed by atoms with Crippen molar-refractivity contribution in [3.63, 3.8) is 0 Å². The first-order chi connectivity index (χ1) is 7.60. The summed E-state index contributed by atoms with van der Waals surface area (Å²) in [6, 6.07) is 0. The van der Waals surface area contributed by atoms with Crippen molar-refractivity contribution in [3.8, 4) is 0 Å². The highest BCUT2D eigenvalue weighted by Crippen LogP contribution is 2.04. The predicted molar refractivity (Wildman–Crippen MR) is 58.1 cm³/mol. The molecule has 0 aliphatic rings. The second kappa shape index (κ2) is 8.46. The Balaban J connectivity index is 3.59. The number of hydrogen-bond donors (Lipinski definition) is 5. The quantitative estimate of drug-likeness (QED) is 0.309. The van der Waals surface area contributed by atoms with Crippen molar-refractivity contribution >= 4 is 5.97 Å². The number of carboxylic acids is 1. The van der Waals surface area contributed by atoms with Crippen molar-refractivity contribution in [2.45, 2.75) is 31.2 Å². The van der Waals surface area contributed by atoms with Gasteiger partial charge in [-0.05, 0) is 19.4 Å². The van der Waals surface area contributed by atoms with Crippen LogP contribution in [0.2, 0.25) is 0 Å². The lowest BCUT2D eigenvalue weighted by molar-refractivity contribution is -0.137. The van der Waals surface area contributed by atoms with Crippen molar-refractivity contribution in [2.75, 3.05) is 26.4 Å². The van der Waals surface area contributed by atoms with Crippen LogP contribution in [0.4, 0.5) is 0 Å². The SMILES string of the molecule is O=C(O)CCCCCNC(CO)(CO)CO. The van der Waals surface area contributed by atoms with Crippen LogP contribution >= 0.6 is 0 Å². The van der Waals surface area contributed by atoms with Gasteiger partial charge in [0.25, 0.3) is 0 Å². The number of carboxylic acid groups (broad SMARTS) is 1. The molecule has 0 aliphatic carbocycles. The van der Waals surface area contributed by atoms with Gasteiger partial charge in [-0.3, -0.25) is 4.79 Å². The topological polar surface area (TPSA) is 110 Å². The van der Waals surface area contributed by atoms with E-state index in [-0.39, 0.29) is 26.2 Å². The number of hydrogen-bond acceptors (Lipinski definition) is 5. The van der Waals surface area contributed by atoms with E-state index in [0.717, 1.165) is 12.8 Å². The molecule has 0 radical (unpaired) electrons. The number of aliphatic hydroxyl groups excluding tert-OH is 3. The van der Waals surface area contributed by atoms with Gasteiger partial charge in [0.1, 0.15) is 0 Å². The number of unbranched alkanes of at least 4 members (excludes halogenated alkanes) is 2. The maximum absolute atomic E-state index is 10.2. The third kappa shape index (κ3) is 6.02. The van der Waals surface area contributed by atoms with Crippen LogP contribution in [0, 0.1) is 0 Å². The first kappa shape index (κ1) is 15.3. The van der Waals surface area contributed by atoms with Gasteiger partial charge in [0.15, 0.2) is 0 Å². The minimum atomic E-state index is -1.03. The van der Waals surface area contributed by atoms with Gasteiger partial charge in [0.05, 0.1) is 25.4 Å². The molecule has 6 nitrogen and oxygen atoms in total. The smallest absolute Gasteiger partial charge is 0.303 e. The zero-order valence-corrected chi connectivity index (χ0v) is 9.35. The van der Waals surface area contributed by atoms with Crippen molar-refractivity contribution in [2.24, 2.45) is 0 Å². The Bertz CT molecular complexity index is 185. The summed E-state index contributed by atoms with van der Waals surface area (Å²) in [6.07, 6.45) is 2.28. The van der Waals surface area contributed by atoms with Crippen LogP contribution in [0.3, 0.4) is 0 Å². The number of aliphatic hydroxyl groups is 3. The molecule has 0 aromatic rings. The third-order valence-corrected chi connectivity index (χ3v) is 2.48. The fourth-order valence-electron chi connectivity index (χ4n) is 1.25. The Morgan fingerprint density at radius 2 is 1.56 bits per heavy atom. The van der Waals surface area contributed by atoms with Gasteiger partial charge < -0.3 is 25.7 Å². The van der Waals surface area contributed by atoms with Gasteiger partial charge in [-0.25, -0.2) is 0 Å². The fraction of sp³-hybridized carbons (Fsp3) is 0.900. The van der Waals surface area contributed by atoms with E-state index in [1.807, 2.05) is 0 Å². The maximum Gasteiger partial charge on any atom is 0.303 e. The molecule has 16 heavy (non-hydrogen) atoms. The maximum atomic E-state index is 10.2. The van der Waals surface area contributed by atoms with Crippen LogP contribution in [-0.4, -0.2) is 58.3 Å². The summed E-state index contributed by atoms with van der Waals surface area (Å²) in [5.41, 5.74) is -1.03. The molecular formula is C10H21NO5. The molecule has 0 fully saturated rings.